The van der Waals surface area contributed by atoms with Gasteiger partial charge < -0.3 is 10.6 Å². The van der Waals surface area contributed by atoms with Gasteiger partial charge in [0, 0.05) is 18.7 Å². The smallest absolute Gasteiger partial charge is 0.243 e. The lowest BCUT2D eigenvalue weighted by molar-refractivity contribution is -0.146. The molecule has 6 nitrogen and oxygen atoms in total. The van der Waals surface area contributed by atoms with Gasteiger partial charge >= 0.3 is 0 Å². The average Bonchev–Trinajstić information content (AvgIpc) is 2.88. The Kier molecular flexibility index (Phi) is 3.43. The molecule has 5 rings (SSSR count). The maximum absolute atomic E-state index is 12.8. The molecule has 0 saturated heterocycles. The van der Waals surface area contributed by atoms with E-state index in [1.54, 1.807) is 24.1 Å². The van der Waals surface area contributed by atoms with E-state index in [4.69, 9.17) is 0 Å². The van der Waals surface area contributed by atoms with Gasteiger partial charge in [-0.15, -0.1) is 0 Å². The summed E-state index contributed by atoms with van der Waals surface area (Å²) in [4.78, 5) is 24.7. The second-order valence-electron chi connectivity index (χ2n) is 7.83. The number of aromatic nitrogens is 2. The van der Waals surface area contributed by atoms with Crippen LogP contribution in [-0.4, -0.2) is 28.1 Å². The molecule has 0 unspecified atom stereocenters. The molecule has 1 heterocycles. The van der Waals surface area contributed by atoms with Crippen LogP contribution in [0, 0.1) is 23.2 Å². The summed E-state index contributed by atoms with van der Waals surface area (Å²) in [5, 5.41) is 9.65. The van der Waals surface area contributed by atoms with Gasteiger partial charge in [-0.3, -0.25) is 14.3 Å². The minimum absolute atomic E-state index is 0.0372. The van der Waals surface area contributed by atoms with Gasteiger partial charge in [0.25, 0.3) is 0 Å². The van der Waals surface area contributed by atoms with E-state index >= 15 is 0 Å². The standard InChI is InChI=1S/C17H24N4O2/c1-21-10-14(8-19-21)20-15(22)9-18-16(23)17-5-11-2-12(6-17)4-13(3-11)7-17/h8,10-13H,2-7,9H2,1H3,(H,18,23)(H,20,22). The fourth-order valence-corrected chi connectivity index (χ4v) is 5.43. The van der Waals surface area contributed by atoms with E-state index in [0.717, 1.165) is 37.0 Å². The Labute approximate surface area is 136 Å². The van der Waals surface area contributed by atoms with Crippen molar-refractivity contribution in [1.82, 2.24) is 15.1 Å². The van der Waals surface area contributed by atoms with Gasteiger partial charge in [0.1, 0.15) is 0 Å². The molecule has 4 fully saturated rings. The number of amides is 2. The van der Waals surface area contributed by atoms with E-state index in [-0.39, 0.29) is 23.8 Å². The zero-order valence-electron chi connectivity index (χ0n) is 13.5. The van der Waals surface area contributed by atoms with Crippen LogP contribution in [0.1, 0.15) is 38.5 Å². The third-order valence-electron chi connectivity index (χ3n) is 5.92. The predicted molar refractivity (Wildman–Crippen MR) is 85.5 cm³/mol. The number of carbonyl (C=O) groups is 2. The molecule has 0 spiro atoms. The quantitative estimate of drug-likeness (QED) is 0.887. The van der Waals surface area contributed by atoms with E-state index in [0.29, 0.717) is 5.69 Å². The molecule has 6 heteroatoms. The fraction of sp³-hybridized carbons (Fsp3) is 0.706. The van der Waals surface area contributed by atoms with Crippen LogP contribution in [0.2, 0.25) is 0 Å². The van der Waals surface area contributed by atoms with Gasteiger partial charge in [0.2, 0.25) is 11.8 Å². The lowest BCUT2D eigenvalue weighted by Gasteiger charge is -2.55. The van der Waals surface area contributed by atoms with Crippen LogP contribution in [0.4, 0.5) is 5.69 Å². The van der Waals surface area contributed by atoms with E-state index in [1.807, 2.05) is 0 Å². The van der Waals surface area contributed by atoms with Crippen molar-refractivity contribution in [3.8, 4) is 0 Å². The van der Waals surface area contributed by atoms with Crippen molar-refractivity contribution in [3.05, 3.63) is 12.4 Å². The third-order valence-corrected chi connectivity index (χ3v) is 5.92. The van der Waals surface area contributed by atoms with Crippen molar-refractivity contribution in [2.24, 2.45) is 30.2 Å². The lowest BCUT2D eigenvalue weighted by Crippen LogP contribution is -2.54. The Balaban J connectivity index is 1.34. The van der Waals surface area contributed by atoms with Crippen LogP contribution >= 0.6 is 0 Å². The number of aryl methyl sites for hydroxylation is 1. The SMILES string of the molecule is Cn1cc(NC(=O)CNC(=O)C23CC4CC(CC(C4)C2)C3)cn1. The molecule has 23 heavy (non-hydrogen) atoms. The number of carbonyl (C=O) groups excluding carboxylic acids is 2. The molecular weight excluding hydrogens is 292 g/mol. The summed E-state index contributed by atoms with van der Waals surface area (Å²) >= 11 is 0. The highest BCUT2D eigenvalue weighted by atomic mass is 16.2. The van der Waals surface area contributed by atoms with Crippen molar-refractivity contribution in [2.75, 3.05) is 11.9 Å². The molecule has 2 amide bonds. The highest BCUT2D eigenvalue weighted by Crippen LogP contribution is 2.60. The second-order valence-corrected chi connectivity index (χ2v) is 7.83. The molecule has 4 saturated carbocycles. The molecule has 1 aromatic heterocycles. The number of hydrogen-bond donors (Lipinski definition) is 2. The highest BCUT2D eigenvalue weighted by Gasteiger charge is 2.54. The first kappa shape index (κ1) is 14.7. The number of nitrogens with one attached hydrogen (secondary N) is 2. The maximum Gasteiger partial charge on any atom is 0.243 e. The van der Waals surface area contributed by atoms with Crippen molar-refractivity contribution in [2.45, 2.75) is 38.5 Å². The summed E-state index contributed by atoms with van der Waals surface area (Å²) in [5.41, 5.74) is 0.463. The Hall–Kier alpha value is -1.85. The average molecular weight is 316 g/mol. The first-order valence-electron chi connectivity index (χ1n) is 8.59. The van der Waals surface area contributed by atoms with E-state index in [1.165, 1.54) is 19.3 Å². The second kappa shape index (κ2) is 5.35. The monoisotopic (exact) mass is 316 g/mol. The minimum atomic E-state index is -0.198. The molecule has 124 valence electrons. The molecule has 0 radical (unpaired) electrons. The van der Waals surface area contributed by atoms with Crippen molar-refractivity contribution in [1.29, 1.82) is 0 Å². The molecule has 4 aliphatic rings. The fourth-order valence-electron chi connectivity index (χ4n) is 5.43. The third kappa shape index (κ3) is 2.75. The maximum atomic E-state index is 12.8. The summed E-state index contributed by atoms with van der Waals surface area (Å²) in [6.07, 6.45) is 10.3. The van der Waals surface area contributed by atoms with Crippen LogP contribution in [0.25, 0.3) is 0 Å². The van der Waals surface area contributed by atoms with E-state index < -0.39 is 0 Å². The number of anilines is 1. The minimum Gasteiger partial charge on any atom is -0.347 e. The molecule has 1 aromatic rings. The molecule has 4 bridgehead atoms. The van der Waals surface area contributed by atoms with Gasteiger partial charge in [-0.25, -0.2) is 0 Å². The van der Waals surface area contributed by atoms with Gasteiger partial charge in [-0.1, -0.05) is 0 Å². The molecule has 0 aliphatic heterocycles. The number of nitrogens with zero attached hydrogens (tertiary/aromatic N) is 2. The molecule has 2 N–H and O–H groups in total. The van der Waals surface area contributed by atoms with E-state index in [2.05, 4.69) is 15.7 Å². The van der Waals surface area contributed by atoms with Crippen LogP contribution in [0.5, 0.6) is 0 Å². The van der Waals surface area contributed by atoms with Gasteiger partial charge in [-0.2, -0.15) is 5.10 Å². The summed E-state index contributed by atoms with van der Waals surface area (Å²) in [7, 11) is 1.80. The van der Waals surface area contributed by atoms with Gasteiger partial charge in [0.05, 0.1) is 18.4 Å². The van der Waals surface area contributed by atoms with Crippen molar-refractivity contribution in [3.63, 3.8) is 0 Å². The molecular formula is C17H24N4O2. The Bertz CT molecular complexity index is 601. The molecule has 0 atom stereocenters. The van der Waals surface area contributed by atoms with Gasteiger partial charge in [0.15, 0.2) is 0 Å². The zero-order valence-corrected chi connectivity index (χ0v) is 13.5. The van der Waals surface area contributed by atoms with Crippen LogP contribution in [0.3, 0.4) is 0 Å². The predicted octanol–water partition coefficient (Wildman–Crippen LogP) is 1.69. The largest absolute Gasteiger partial charge is 0.347 e. The first-order chi connectivity index (χ1) is 11.0. The summed E-state index contributed by atoms with van der Waals surface area (Å²) in [6, 6.07) is 0. The number of hydrogen-bond acceptors (Lipinski definition) is 3. The number of rotatable bonds is 4. The Morgan fingerprint density at radius 2 is 1.83 bits per heavy atom. The Morgan fingerprint density at radius 1 is 1.22 bits per heavy atom. The van der Waals surface area contributed by atoms with Crippen LogP contribution in [0.15, 0.2) is 12.4 Å². The molecule has 4 aliphatic carbocycles. The normalized spacial score (nSPS) is 34.4. The summed E-state index contributed by atoms with van der Waals surface area (Å²) in [6.45, 7) is 0.0372. The summed E-state index contributed by atoms with van der Waals surface area (Å²) < 4.78 is 1.63. The molecule has 0 aromatic carbocycles. The van der Waals surface area contributed by atoms with Gasteiger partial charge in [-0.05, 0) is 56.3 Å². The van der Waals surface area contributed by atoms with Crippen LogP contribution in [-0.2, 0) is 16.6 Å². The summed E-state index contributed by atoms with van der Waals surface area (Å²) in [5.74, 6) is 2.10. The van der Waals surface area contributed by atoms with Crippen molar-refractivity contribution >= 4 is 17.5 Å². The van der Waals surface area contributed by atoms with E-state index in [9.17, 15) is 9.59 Å². The topological polar surface area (TPSA) is 76.0 Å². The lowest BCUT2D eigenvalue weighted by atomic mass is 9.49. The Morgan fingerprint density at radius 3 is 2.35 bits per heavy atom. The van der Waals surface area contributed by atoms with Crippen LogP contribution < -0.4 is 10.6 Å². The zero-order chi connectivity index (χ0) is 16.0. The first-order valence-corrected chi connectivity index (χ1v) is 8.59. The highest BCUT2D eigenvalue weighted by molar-refractivity contribution is 5.95. The van der Waals surface area contributed by atoms with Crippen molar-refractivity contribution < 1.29 is 9.59 Å².